The number of rotatable bonds is 4. The van der Waals surface area contributed by atoms with Crippen LogP contribution < -0.4 is 0 Å². The molecule has 0 amide bonds. The van der Waals surface area contributed by atoms with Gasteiger partial charge in [-0.15, -0.1) is 0 Å². The molecule has 1 aromatic heterocycles. The van der Waals surface area contributed by atoms with E-state index in [0.717, 1.165) is 28.8 Å². The van der Waals surface area contributed by atoms with Crippen molar-refractivity contribution >= 4 is 5.78 Å². The Hall–Kier alpha value is -1.90. The molecule has 0 spiro atoms. The van der Waals surface area contributed by atoms with Gasteiger partial charge in [-0.2, -0.15) is 5.10 Å². The van der Waals surface area contributed by atoms with Crippen molar-refractivity contribution < 1.29 is 4.79 Å². The fraction of sp³-hybridized carbons (Fsp3) is 0.375. The number of aryl methyl sites for hydroxylation is 4. The molecule has 0 fully saturated rings. The second-order valence-electron chi connectivity index (χ2n) is 4.84. The zero-order valence-corrected chi connectivity index (χ0v) is 12.0. The highest BCUT2D eigenvalue weighted by Crippen LogP contribution is 2.17. The summed E-state index contributed by atoms with van der Waals surface area (Å²) in [7, 11) is 0. The van der Waals surface area contributed by atoms with Crippen molar-refractivity contribution in [2.24, 2.45) is 0 Å². The van der Waals surface area contributed by atoms with Gasteiger partial charge in [-0.25, -0.2) is 0 Å². The van der Waals surface area contributed by atoms with Crippen molar-refractivity contribution in [2.75, 3.05) is 0 Å². The van der Waals surface area contributed by atoms with Crippen LogP contribution in [0, 0.1) is 13.8 Å². The van der Waals surface area contributed by atoms with Gasteiger partial charge in [0.05, 0.1) is 5.69 Å². The molecule has 0 radical (unpaired) electrons. The first-order valence-corrected chi connectivity index (χ1v) is 6.75. The van der Waals surface area contributed by atoms with E-state index in [-0.39, 0.29) is 5.78 Å². The summed E-state index contributed by atoms with van der Waals surface area (Å²) in [5.74, 6) is 0.0650. The minimum Gasteiger partial charge on any atom is -0.287 e. The zero-order chi connectivity index (χ0) is 14.0. The molecule has 2 aromatic rings. The van der Waals surface area contributed by atoms with E-state index in [2.05, 4.69) is 12.0 Å². The first-order chi connectivity index (χ1) is 9.06. The number of aromatic nitrogens is 2. The summed E-state index contributed by atoms with van der Waals surface area (Å²) in [6.45, 7) is 8.75. The summed E-state index contributed by atoms with van der Waals surface area (Å²) in [5, 5.41) is 4.44. The molecule has 0 aliphatic heterocycles. The quantitative estimate of drug-likeness (QED) is 0.787. The van der Waals surface area contributed by atoms with Crippen LogP contribution in [-0.4, -0.2) is 15.6 Å². The average molecular weight is 256 g/mol. The van der Waals surface area contributed by atoms with Gasteiger partial charge in [-0.1, -0.05) is 24.6 Å². The van der Waals surface area contributed by atoms with Gasteiger partial charge in [0.2, 0.25) is 5.78 Å². The Balaban J connectivity index is 2.49. The predicted octanol–water partition coefficient (Wildman–Crippen LogP) is 3.31. The second kappa shape index (κ2) is 5.39. The van der Waals surface area contributed by atoms with E-state index in [9.17, 15) is 4.79 Å². The third kappa shape index (κ3) is 2.60. The minimum absolute atomic E-state index is 0.0650. The van der Waals surface area contributed by atoms with Crippen LogP contribution in [0.3, 0.4) is 0 Å². The Morgan fingerprint density at radius 1 is 1.21 bits per heavy atom. The van der Waals surface area contributed by atoms with Gasteiger partial charge in [0, 0.05) is 12.1 Å². The first kappa shape index (κ1) is 13.5. The van der Waals surface area contributed by atoms with Gasteiger partial charge < -0.3 is 0 Å². The minimum atomic E-state index is 0.0650. The van der Waals surface area contributed by atoms with Gasteiger partial charge in [-0.3, -0.25) is 9.48 Å². The summed E-state index contributed by atoms with van der Waals surface area (Å²) < 4.78 is 1.79. The van der Waals surface area contributed by atoms with Gasteiger partial charge in [0.15, 0.2) is 0 Å². The molecule has 3 nitrogen and oxygen atoms in total. The molecule has 0 atom stereocenters. The zero-order valence-electron chi connectivity index (χ0n) is 12.0. The number of benzene rings is 1. The van der Waals surface area contributed by atoms with Gasteiger partial charge in [0.25, 0.3) is 0 Å². The molecular formula is C16H20N2O. The lowest BCUT2D eigenvalue weighted by Crippen LogP contribution is -2.11. The van der Waals surface area contributed by atoms with Crippen molar-refractivity contribution in [2.45, 2.75) is 40.7 Å². The number of hydrogen-bond acceptors (Lipinski definition) is 2. The van der Waals surface area contributed by atoms with E-state index in [1.165, 1.54) is 0 Å². The molecule has 2 rings (SSSR count). The van der Waals surface area contributed by atoms with Crippen LogP contribution in [0.15, 0.2) is 24.3 Å². The summed E-state index contributed by atoms with van der Waals surface area (Å²) >= 11 is 0. The number of carbonyl (C=O) groups is 1. The molecule has 1 heterocycles. The Morgan fingerprint density at radius 3 is 2.58 bits per heavy atom. The molecule has 0 unspecified atom stereocenters. The van der Waals surface area contributed by atoms with Crippen LogP contribution >= 0.6 is 0 Å². The average Bonchev–Trinajstić information content (AvgIpc) is 2.84. The van der Waals surface area contributed by atoms with Crippen molar-refractivity contribution in [3.8, 4) is 0 Å². The fourth-order valence-electron chi connectivity index (χ4n) is 2.19. The lowest BCUT2D eigenvalue weighted by Gasteiger charge is -2.07. The van der Waals surface area contributed by atoms with E-state index < -0.39 is 0 Å². The molecule has 1 aromatic carbocycles. The number of carbonyl (C=O) groups excluding carboxylic acids is 1. The van der Waals surface area contributed by atoms with E-state index in [1.807, 2.05) is 45.0 Å². The summed E-state index contributed by atoms with van der Waals surface area (Å²) in [5.41, 5.74) is 4.55. The molecule has 0 aliphatic carbocycles. The van der Waals surface area contributed by atoms with Crippen LogP contribution in [0.4, 0.5) is 0 Å². The number of hydrogen-bond donors (Lipinski definition) is 0. The molecule has 0 saturated heterocycles. The maximum absolute atomic E-state index is 12.7. The molecular weight excluding hydrogens is 236 g/mol. The van der Waals surface area contributed by atoms with E-state index in [0.29, 0.717) is 12.2 Å². The molecule has 0 bridgehead atoms. The second-order valence-corrected chi connectivity index (χ2v) is 4.84. The third-order valence-electron chi connectivity index (χ3n) is 3.36. The van der Waals surface area contributed by atoms with Gasteiger partial charge in [-0.05, 0) is 44.9 Å². The normalized spacial score (nSPS) is 10.7. The molecule has 19 heavy (non-hydrogen) atoms. The Morgan fingerprint density at radius 2 is 1.95 bits per heavy atom. The Labute approximate surface area is 114 Å². The van der Waals surface area contributed by atoms with Crippen LogP contribution in [0.2, 0.25) is 0 Å². The topological polar surface area (TPSA) is 34.9 Å². The smallest absolute Gasteiger partial charge is 0.211 e. The van der Waals surface area contributed by atoms with E-state index in [1.54, 1.807) is 4.68 Å². The molecule has 0 aliphatic rings. The summed E-state index contributed by atoms with van der Waals surface area (Å²) in [6.07, 6.45) is 0.847. The van der Waals surface area contributed by atoms with E-state index in [4.69, 9.17) is 0 Å². The van der Waals surface area contributed by atoms with Crippen molar-refractivity contribution in [3.05, 3.63) is 52.3 Å². The summed E-state index contributed by atoms with van der Waals surface area (Å²) in [6, 6.07) is 7.89. The Kier molecular flexibility index (Phi) is 3.84. The molecule has 0 saturated carbocycles. The van der Waals surface area contributed by atoms with Crippen molar-refractivity contribution in [1.29, 1.82) is 0 Å². The fourth-order valence-corrected chi connectivity index (χ4v) is 2.19. The van der Waals surface area contributed by atoms with Crippen molar-refractivity contribution in [1.82, 2.24) is 9.78 Å². The third-order valence-corrected chi connectivity index (χ3v) is 3.36. The highest BCUT2D eigenvalue weighted by Gasteiger charge is 2.17. The van der Waals surface area contributed by atoms with E-state index >= 15 is 0 Å². The Bertz CT molecular complexity index is 611. The van der Waals surface area contributed by atoms with Crippen LogP contribution in [0.25, 0.3) is 0 Å². The standard InChI is InChI=1S/C16H20N2O/c1-5-13-10-15(18(6-2)17-13)16(19)14-9-11(3)7-8-12(14)4/h7-10H,5-6H2,1-4H3. The highest BCUT2D eigenvalue weighted by atomic mass is 16.1. The SMILES string of the molecule is CCc1cc(C(=O)c2cc(C)ccc2C)n(CC)n1. The monoisotopic (exact) mass is 256 g/mol. The highest BCUT2D eigenvalue weighted by molar-refractivity contribution is 6.09. The van der Waals surface area contributed by atoms with Crippen LogP contribution in [0.1, 0.15) is 46.7 Å². The van der Waals surface area contributed by atoms with Gasteiger partial charge >= 0.3 is 0 Å². The van der Waals surface area contributed by atoms with Crippen LogP contribution in [-0.2, 0) is 13.0 Å². The maximum Gasteiger partial charge on any atom is 0.211 e. The van der Waals surface area contributed by atoms with Crippen LogP contribution in [0.5, 0.6) is 0 Å². The molecule has 100 valence electrons. The summed E-state index contributed by atoms with van der Waals surface area (Å²) in [4.78, 5) is 12.7. The maximum atomic E-state index is 12.7. The molecule has 3 heteroatoms. The number of nitrogens with zero attached hydrogens (tertiary/aromatic N) is 2. The lowest BCUT2D eigenvalue weighted by atomic mass is 10.00. The lowest BCUT2D eigenvalue weighted by molar-refractivity contribution is 0.102. The molecule has 0 N–H and O–H groups in total. The predicted molar refractivity (Wildman–Crippen MR) is 76.6 cm³/mol. The number of ketones is 1. The first-order valence-electron chi connectivity index (χ1n) is 6.75. The largest absolute Gasteiger partial charge is 0.287 e. The van der Waals surface area contributed by atoms with Crippen molar-refractivity contribution in [3.63, 3.8) is 0 Å². The van der Waals surface area contributed by atoms with Gasteiger partial charge in [0.1, 0.15) is 5.69 Å².